The van der Waals surface area contributed by atoms with E-state index in [9.17, 15) is 31.5 Å². The Bertz CT molecular complexity index is 749. The number of amides is 2. The smallest absolute Gasteiger partial charge is 0.240 e. The summed E-state index contributed by atoms with van der Waals surface area (Å²) in [5.74, 6) is -15.3. The highest BCUT2D eigenvalue weighted by Crippen LogP contribution is 2.47. The molecule has 1 aromatic carbocycles. The van der Waals surface area contributed by atoms with Gasteiger partial charge in [0.05, 0.1) is 24.0 Å². The van der Waals surface area contributed by atoms with Crippen LogP contribution in [0, 0.1) is 40.9 Å². The second-order valence-electron chi connectivity index (χ2n) is 5.43. The maximum atomic E-state index is 13.9. The van der Waals surface area contributed by atoms with Crippen LogP contribution in [0.2, 0.25) is 0 Å². The van der Waals surface area contributed by atoms with E-state index < -0.39 is 70.6 Å². The zero-order valence-corrected chi connectivity index (χ0v) is 11.0. The topological polar surface area (TPSA) is 46.6 Å². The lowest BCUT2D eigenvalue weighted by atomic mass is 9.85. The summed E-state index contributed by atoms with van der Waals surface area (Å²) in [6, 6.07) is 0. The highest BCUT2D eigenvalue weighted by atomic mass is 19.2. The number of anilines is 1. The van der Waals surface area contributed by atoms with Gasteiger partial charge >= 0.3 is 0 Å². The number of carbonyl (C=O) groups is 2. The van der Waals surface area contributed by atoms with Crippen LogP contribution in [0.4, 0.5) is 27.6 Å². The molecule has 2 saturated heterocycles. The summed E-state index contributed by atoms with van der Waals surface area (Å²) in [7, 11) is 0. The molecule has 120 valence electrons. The van der Waals surface area contributed by atoms with Crippen molar-refractivity contribution < 1.29 is 36.3 Å². The maximum Gasteiger partial charge on any atom is 0.240 e. The van der Waals surface area contributed by atoms with E-state index in [4.69, 9.17) is 4.74 Å². The van der Waals surface area contributed by atoms with Crippen LogP contribution in [0.5, 0.6) is 0 Å². The van der Waals surface area contributed by atoms with Crippen molar-refractivity contribution in [3.05, 3.63) is 41.2 Å². The Labute approximate surface area is 125 Å². The molecule has 0 saturated carbocycles. The van der Waals surface area contributed by atoms with E-state index in [1.807, 2.05) is 0 Å². The van der Waals surface area contributed by atoms with Crippen LogP contribution in [0.25, 0.3) is 0 Å². The number of halogens is 5. The van der Waals surface area contributed by atoms with Crippen LogP contribution in [-0.2, 0) is 14.3 Å². The van der Waals surface area contributed by atoms with E-state index in [0.717, 1.165) is 0 Å². The van der Waals surface area contributed by atoms with Gasteiger partial charge in [-0.3, -0.25) is 9.59 Å². The summed E-state index contributed by atoms with van der Waals surface area (Å²) >= 11 is 0. The van der Waals surface area contributed by atoms with Crippen molar-refractivity contribution >= 4 is 17.5 Å². The second-order valence-corrected chi connectivity index (χ2v) is 5.43. The fourth-order valence-corrected chi connectivity index (χ4v) is 3.31. The summed E-state index contributed by atoms with van der Waals surface area (Å²) in [6.07, 6.45) is 1.57. The third-order valence-electron chi connectivity index (χ3n) is 4.32. The Balaban J connectivity index is 1.88. The number of benzene rings is 1. The average Bonchev–Trinajstić information content (AvgIpc) is 3.20. The molecule has 2 bridgehead atoms. The molecule has 0 aliphatic carbocycles. The molecule has 4 rings (SSSR count). The van der Waals surface area contributed by atoms with E-state index in [1.54, 1.807) is 0 Å². The van der Waals surface area contributed by atoms with Gasteiger partial charge in [-0.05, 0) is 0 Å². The molecule has 0 radical (unpaired) electrons. The Hall–Kier alpha value is -2.29. The normalized spacial score (nSPS) is 31.4. The minimum absolute atomic E-state index is 0.0428. The fourth-order valence-electron chi connectivity index (χ4n) is 3.31. The van der Waals surface area contributed by atoms with Crippen LogP contribution < -0.4 is 4.90 Å². The number of rotatable bonds is 1. The molecule has 0 unspecified atom stereocenters. The Morgan fingerprint density at radius 3 is 1.57 bits per heavy atom. The van der Waals surface area contributed by atoms with Crippen LogP contribution in [0.15, 0.2) is 12.2 Å². The maximum absolute atomic E-state index is 13.9. The number of fused-ring (bicyclic) bond motifs is 5. The van der Waals surface area contributed by atoms with Gasteiger partial charge in [0.15, 0.2) is 23.3 Å². The van der Waals surface area contributed by atoms with Crippen LogP contribution in [0.1, 0.15) is 0 Å². The lowest BCUT2D eigenvalue weighted by molar-refractivity contribution is -0.124. The molecule has 2 fully saturated rings. The van der Waals surface area contributed by atoms with Crippen molar-refractivity contribution in [2.24, 2.45) is 11.8 Å². The van der Waals surface area contributed by atoms with Gasteiger partial charge in [-0.2, -0.15) is 0 Å². The molecular weight excluding hydrogens is 325 g/mol. The van der Waals surface area contributed by atoms with Crippen LogP contribution in [0.3, 0.4) is 0 Å². The summed E-state index contributed by atoms with van der Waals surface area (Å²) in [5.41, 5.74) is -1.54. The van der Waals surface area contributed by atoms with Gasteiger partial charge in [-0.25, -0.2) is 26.9 Å². The van der Waals surface area contributed by atoms with Crippen LogP contribution >= 0.6 is 0 Å². The zero-order valence-electron chi connectivity index (χ0n) is 11.0. The van der Waals surface area contributed by atoms with Crippen molar-refractivity contribution in [3.63, 3.8) is 0 Å². The molecule has 0 spiro atoms. The number of hydrogen-bond acceptors (Lipinski definition) is 3. The summed E-state index contributed by atoms with van der Waals surface area (Å²) in [6.45, 7) is 0. The molecular formula is C14H6F5NO3. The molecule has 2 amide bonds. The van der Waals surface area contributed by atoms with E-state index in [-0.39, 0.29) is 4.90 Å². The summed E-state index contributed by atoms with van der Waals surface area (Å²) in [4.78, 5) is 24.7. The lowest BCUT2D eigenvalue weighted by Crippen LogP contribution is -2.36. The minimum atomic E-state index is -2.35. The first-order chi connectivity index (χ1) is 10.8. The van der Waals surface area contributed by atoms with Crippen molar-refractivity contribution in [2.45, 2.75) is 12.2 Å². The average molecular weight is 331 g/mol. The van der Waals surface area contributed by atoms with Gasteiger partial charge in [0.1, 0.15) is 5.69 Å². The van der Waals surface area contributed by atoms with Crippen molar-refractivity contribution in [2.75, 3.05) is 4.90 Å². The SMILES string of the molecule is O=C1[C@@H]2[C@@H](C(=O)N1c1c(F)c(F)c(F)c(F)c1F)[C@H]1C=C[C@@H]2O1. The minimum Gasteiger partial charge on any atom is -0.365 e. The molecule has 0 N–H and O–H groups in total. The lowest BCUT2D eigenvalue weighted by Gasteiger charge is -2.19. The van der Waals surface area contributed by atoms with Gasteiger partial charge in [0.2, 0.25) is 17.6 Å². The number of ether oxygens (including phenoxy) is 1. The monoisotopic (exact) mass is 331 g/mol. The Kier molecular flexibility index (Phi) is 2.72. The Morgan fingerprint density at radius 2 is 1.13 bits per heavy atom. The van der Waals surface area contributed by atoms with Crippen molar-refractivity contribution in [1.82, 2.24) is 0 Å². The van der Waals surface area contributed by atoms with Gasteiger partial charge in [0, 0.05) is 0 Å². The van der Waals surface area contributed by atoms with Gasteiger partial charge in [-0.15, -0.1) is 0 Å². The first kappa shape index (κ1) is 14.3. The van der Waals surface area contributed by atoms with E-state index in [0.29, 0.717) is 0 Å². The number of imide groups is 1. The summed E-state index contributed by atoms with van der Waals surface area (Å²) < 4.78 is 72.8. The first-order valence-corrected chi connectivity index (χ1v) is 6.57. The molecule has 23 heavy (non-hydrogen) atoms. The molecule has 3 heterocycles. The van der Waals surface area contributed by atoms with Crippen molar-refractivity contribution in [3.8, 4) is 0 Å². The Morgan fingerprint density at radius 1 is 0.739 bits per heavy atom. The zero-order chi connectivity index (χ0) is 16.6. The largest absolute Gasteiger partial charge is 0.365 e. The summed E-state index contributed by atoms with van der Waals surface area (Å²) in [5, 5.41) is 0. The van der Waals surface area contributed by atoms with Crippen LogP contribution in [-0.4, -0.2) is 24.0 Å². The van der Waals surface area contributed by atoms with E-state index >= 15 is 0 Å². The quantitative estimate of drug-likeness (QED) is 0.259. The predicted molar refractivity (Wildman–Crippen MR) is 63.5 cm³/mol. The third kappa shape index (κ3) is 1.57. The molecule has 1 aromatic rings. The fraction of sp³-hybridized carbons (Fsp3) is 0.286. The van der Waals surface area contributed by atoms with E-state index in [2.05, 4.69) is 0 Å². The molecule has 0 aromatic heterocycles. The molecule has 9 heteroatoms. The molecule has 4 nitrogen and oxygen atoms in total. The van der Waals surface area contributed by atoms with Crippen molar-refractivity contribution in [1.29, 1.82) is 0 Å². The van der Waals surface area contributed by atoms with Gasteiger partial charge < -0.3 is 4.74 Å². The van der Waals surface area contributed by atoms with Gasteiger partial charge in [-0.1, -0.05) is 12.2 Å². The number of nitrogens with zero attached hydrogens (tertiary/aromatic N) is 1. The molecule has 3 aliphatic heterocycles. The predicted octanol–water partition coefficient (Wildman–Crippen LogP) is 1.82. The highest BCUT2D eigenvalue weighted by Gasteiger charge is 2.62. The second kappa shape index (κ2) is 4.38. The number of hydrogen-bond donors (Lipinski definition) is 0. The van der Waals surface area contributed by atoms with Gasteiger partial charge in [0.25, 0.3) is 0 Å². The first-order valence-electron chi connectivity index (χ1n) is 6.57. The highest BCUT2D eigenvalue weighted by molar-refractivity contribution is 6.23. The molecule has 3 aliphatic rings. The van der Waals surface area contributed by atoms with E-state index in [1.165, 1.54) is 12.2 Å². The third-order valence-corrected chi connectivity index (χ3v) is 4.32. The standard InChI is InChI=1S/C14H6F5NO3/c15-7-8(16)10(18)12(11(19)9(7)17)20-13(21)5-3-1-2-4(23-3)6(5)14(20)22/h1-6H/t3-,4+,5-,6-/m0/s1. The number of carbonyl (C=O) groups excluding carboxylic acids is 2. The molecule has 4 atom stereocenters.